The zero-order valence-corrected chi connectivity index (χ0v) is 20.4. The highest BCUT2D eigenvalue weighted by Crippen LogP contribution is 2.37. The van der Waals surface area contributed by atoms with Crippen molar-refractivity contribution in [3.63, 3.8) is 0 Å². The lowest BCUT2D eigenvalue weighted by Gasteiger charge is -2.21. The van der Waals surface area contributed by atoms with Crippen molar-refractivity contribution in [2.45, 2.75) is 33.4 Å². The summed E-state index contributed by atoms with van der Waals surface area (Å²) >= 11 is 0. The number of benzene rings is 1. The van der Waals surface area contributed by atoms with E-state index in [-0.39, 0.29) is 17.8 Å². The van der Waals surface area contributed by atoms with Gasteiger partial charge in [-0.05, 0) is 32.9 Å². The number of aromatic nitrogens is 5. The third kappa shape index (κ3) is 4.59. The highest BCUT2D eigenvalue weighted by atomic mass is 16.5. The summed E-state index contributed by atoms with van der Waals surface area (Å²) in [4.78, 5) is 33.1. The van der Waals surface area contributed by atoms with Gasteiger partial charge in [0.05, 0.1) is 24.0 Å². The van der Waals surface area contributed by atoms with E-state index in [1.165, 1.54) is 7.05 Å². The Morgan fingerprint density at radius 2 is 2.00 bits per heavy atom. The average molecular weight is 480 g/mol. The maximum atomic E-state index is 12.9. The van der Waals surface area contributed by atoms with E-state index in [9.17, 15) is 9.59 Å². The van der Waals surface area contributed by atoms with Gasteiger partial charge in [0.25, 0.3) is 5.91 Å². The molecule has 3 heterocycles. The molecule has 1 fully saturated rings. The van der Waals surface area contributed by atoms with Crippen molar-refractivity contribution in [1.82, 2.24) is 35.2 Å². The van der Waals surface area contributed by atoms with Crippen molar-refractivity contribution in [2.24, 2.45) is 0 Å². The SMILES string of the molecule is CCn1cnc(-c2cccc(Nc3cc(N4CCN(C(C)C)C4=O)nnc3C(=O)NC)c2OC)n1. The molecular formula is C23H29N9O3. The van der Waals surface area contributed by atoms with Gasteiger partial charge in [-0.15, -0.1) is 10.2 Å². The molecule has 0 radical (unpaired) electrons. The molecule has 0 bridgehead atoms. The largest absolute Gasteiger partial charge is 0.494 e. The second-order valence-corrected chi connectivity index (χ2v) is 8.20. The fraction of sp³-hybridized carbons (Fsp3) is 0.391. The Kier molecular flexibility index (Phi) is 6.80. The molecule has 184 valence electrons. The first kappa shape index (κ1) is 23.9. The van der Waals surface area contributed by atoms with Crippen LogP contribution in [-0.2, 0) is 6.54 Å². The number of ether oxygens (including phenoxy) is 1. The monoisotopic (exact) mass is 479 g/mol. The molecule has 1 aliphatic rings. The van der Waals surface area contributed by atoms with Crippen molar-refractivity contribution in [1.29, 1.82) is 0 Å². The second-order valence-electron chi connectivity index (χ2n) is 8.20. The number of methoxy groups -OCH3 is 1. The number of carbonyl (C=O) groups excluding carboxylic acids is 2. The van der Waals surface area contributed by atoms with Crippen LogP contribution < -0.4 is 20.3 Å². The van der Waals surface area contributed by atoms with Crippen LogP contribution in [0.3, 0.4) is 0 Å². The number of hydrogen-bond acceptors (Lipinski definition) is 8. The normalized spacial score (nSPS) is 13.5. The van der Waals surface area contributed by atoms with Crippen molar-refractivity contribution in [3.05, 3.63) is 36.3 Å². The van der Waals surface area contributed by atoms with Crippen molar-refractivity contribution >= 4 is 29.1 Å². The standard InChI is InChI=1S/C23H29N9O3/c1-6-30-13-25-21(29-30)15-8-7-9-16(20(15)35-5)26-17-12-18(27-28-19(17)22(33)24-4)32-11-10-31(14(2)3)23(32)34/h7-9,12-14H,6,10-11H2,1-5H3,(H,24,33)(H,26,27). The molecule has 2 aromatic heterocycles. The number of carbonyl (C=O) groups is 2. The van der Waals surface area contributed by atoms with E-state index in [2.05, 4.69) is 30.9 Å². The minimum absolute atomic E-state index is 0.0694. The Labute approximate surface area is 203 Å². The van der Waals surface area contributed by atoms with Gasteiger partial charge in [-0.1, -0.05) is 6.07 Å². The first-order valence-corrected chi connectivity index (χ1v) is 11.4. The highest BCUT2D eigenvalue weighted by molar-refractivity contribution is 6.00. The fourth-order valence-corrected chi connectivity index (χ4v) is 3.89. The molecule has 0 aliphatic carbocycles. The Morgan fingerprint density at radius 1 is 1.20 bits per heavy atom. The summed E-state index contributed by atoms with van der Waals surface area (Å²) in [6, 6.07) is 7.08. The number of hydrogen-bond donors (Lipinski definition) is 2. The molecule has 12 heteroatoms. The minimum atomic E-state index is -0.415. The molecule has 1 saturated heterocycles. The van der Waals surface area contributed by atoms with E-state index in [4.69, 9.17) is 4.74 Å². The fourth-order valence-electron chi connectivity index (χ4n) is 3.89. The maximum Gasteiger partial charge on any atom is 0.326 e. The number of urea groups is 1. The van der Waals surface area contributed by atoms with Gasteiger partial charge in [-0.25, -0.2) is 9.78 Å². The minimum Gasteiger partial charge on any atom is -0.494 e. The van der Waals surface area contributed by atoms with Crippen molar-refractivity contribution < 1.29 is 14.3 Å². The topological polar surface area (TPSA) is 130 Å². The number of aryl methyl sites for hydroxylation is 1. The summed E-state index contributed by atoms with van der Waals surface area (Å²) in [5.74, 6) is 0.961. The Hall–Kier alpha value is -4.22. The molecule has 0 spiro atoms. The Bertz CT molecular complexity index is 1240. The Balaban J connectivity index is 1.74. The zero-order chi connectivity index (χ0) is 25.1. The van der Waals surface area contributed by atoms with Crippen LogP contribution in [0.4, 0.5) is 22.0 Å². The molecule has 35 heavy (non-hydrogen) atoms. The van der Waals surface area contributed by atoms with Crippen molar-refractivity contribution in [2.75, 3.05) is 37.5 Å². The lowest BCUT2D eigenvalue weighted by atomic mass is 10.1. The molecule has 4 rings (SSSR count). The van der Waals surface area contributed by atoms with Crippen LogP contribution in [0, 0.1) is 0 Å². The van der Waals surface area contributed by atoms with E-state index in [1.54, 1.807) is 34.0 Å². The van der Waals surface area contributed by atoms with Gasteiger partial charge in [0.1, 0.15) is 6.33 Å². The molecule has 1 aromatic carbocycles. The zero-order valence-electron chi connectivity index (χ0n) is 20.4. The van der Waals surface area contributed by atoms with Crippen LogP contribution in [-0.4, -0.2) is 75.1 Å². The van der Waals surface area contributed by atoms with Gasteiger partial charge in [-0.2, -0.15) is 5.10 Å². The number of para-hydroxylation sites is 1. The maximum absolute atomic E-state index is 12.9. The van der Waals surface area contributed by atoms with Crippen LogP contribution in [0.2, 0.25) is 0 Å². The summed E-state index contributed by atoms with van der Waals surface area (Å²) in [7, 11) is 3.07. The molecule has 2 N–H and O–H groups in total. The molecule has 0 unspecified atom stereocenters. The van der Waals surface area contributed by atoms with E-state index in [0.717, 1.165) is 0 Å². The number of anilines is 3. The average Bonchev–Trinajstić information content (AvgIpc) is 3.50. The third-order valence-corrected chi connectivity index (χ3v) is 5.75. The summed E-state index contributed by atoms with van der Waals surface area (Å²) in [5.41, 5.74) is 1.74. The first-order chi connectivity index (χ1) is 16.9. The van der Waals surface area contributed by atoms with Crippen LogP contribution >= 0.6 is 0 Å². The van der Waals surface area contributed by atoms with Crippen molar-refractivity contribution in [3.8, 4) is 17.1 Å². The first-order valence-electron chi connectivity index (χ1n) is 11.4. The van der Waals surface area contributed by atoms with Crippen LogP contribution in [0.15, 0.2) is 30.6 Å². The number of rotatable bonds is 8. The van der Waals surface area contributed by atoms with Crippen LogP contribution in [0.1, 0.15) is 31.3 Å². The molecule has 3 amide bonds. The quantitative estimate of drug-likeness (QED) is 0.504. The number of nitrogens with one attached hydrogen (secondary N) is 2. The van der Waals surface area contributed by atoms with Gasteiger partial charge in [-0.3, -0.25) is 14.4 Å². The van der Waals surface area contributed by atoms with Crippen LogP contribution in [0.25, 0.3) is 11.4 Å². The lowest BCUT2D eigenvalue weighted by molar-refractivity contribution is 0.0958. The highest BCUT2D eigenvalue weighted by Gasteiger charge is 2.33. The molecule has 0 saturated carbocycles. The van der Waals surface area contributed by atoms with Gasteiger partial charge in [0.2, 0.25) is 0 Å². The van der Waals surface area contributed by atoms with E-state index >= 15 is 0 Å². The molecule has 3 aromatic rings. The molecule has 12 nitrogen and oxygen atoms in total. The number of amides is 3. The van der Waals surface area contributed by atoms with Gasteiger partial charge in [0, 0.05) is 38.8 Å². The lowest BCUT2D eigenvalue weighted by Crippen LogP contribution is -2.36. The summed E-state index contributed by atoms with van der Waals surface area (Å²) < 4.78 is 7.43. The smallest absolute Gasteiger partial charge is 0.326 e. The third-order valence-electron chi connectivity index (χ3n) is 5.75. The predicted molar refractivity (Wildman–Crippen MR) is 131 cm³/mol. The second kappa shape index (κ2) is 9.95. The predicted octanol–water partition coefficient (Wildman–Crippen LogP) is 2.52. The summed E-state index contributed by atoms with van der Waals surface area (Å²) in [6.07, 6.45) is 1.66. The van der Waals surface area contributed by atoms with Gasteiger partial charge in [0.15, 0.2) is 23.1 Å². The van der Waals surface area contributed by atoms with E-state index < -0.39 is 5.91 Å². The van der Waals surface area contributed by atoms with Gasteiger partial charge < -0.3 is 20.3 Å². The van der Waals surface area contributed by atoms with Gasteiger partial charge >= 0.3 is 6.03 Å². The van der Waals surface area contributed by atoms with E-state index in [0.29, 0.717) is 54.0 Å². The van der Waals surface area contributed by atoms with E-state index in [1.807, 2.05) is 39.0 Å². The molecule has 0 atom stereocenters. The summed E-state index contributed by atoms with van der Waals surface area (Å²) in [5, 5.41) is 18.6. The molecule has 1 aliphatic heterocycles. The summed E-state index contributed by atoms with van der Waals surface area (Å²) in [6.45, 7) is 7.67. The Morgan fingerprint density at radius 3 is 2.63 bits per heavy atom. The van der Waals surface area contributed by atoms with Crippen LogP contribution in [0.5, 0.6) is 5.75 Å². The number of nitrogens with zero attached hydrogens (tertiary/aromatic N) is 7. The molecular weight excluding hydrogens is 450 g/mol.